The molecule has 3 heterocycles. The van der Waals surface area contributed by atoms with Crippen LogP contribution in [-0.4, -0.2) is 62.3 Å². The van der Waals surface area contributed by atoms with E-state index in [1.807, 2.05) is 0 Å². The summed E-state index contributed by atoms with van der Waals surface area (Å²) in [5.74, 6) is 0.617. The first kappa shape index (κ1) is 13.3. The van der Waals surface area contributed by atoms with Crippen LogP contribution in [0.3, 0.4) is 0 Å². The molecule has 20 heavy (non-hydrogen) atoms. The van der Waals surface area contributed by atoms with E-state index >= 15 is 0 Å². The molecule has 0 saturated carbocycles. The fraction of sp³-hybridized carbons (Fsp3) is 0.500. The molecule has 108 valence electrons. The zero-order valence-corrected chi connectivity index (χ0v) is 10.9. The summed E-state index contributed by atoms with van der Waals surface area (Å²) in [5, 5.41) is 33.8. The molecule has 1 aliphatic heterocycles. The molecule has 3 rings (SSSR count). The van der Waals surface area contributed by atoms with E-state index in [1.165, 1.54) is 10.9 Å². The lowest BCUT2D eigenvalue weighted by Crippen LogP contribution is -2.50. The third-order valence-electron chi connectivity index (χ3n) is 3.69. The molecule has 3 atom stereocenters. The molecule has 1 saturated heterocycles. The van der Waals surface area contributed by atoms with Gasteiger partial charge in [-0.05, 0) is 6.07 Å². The number of hydrogen-bond donors (Lipinski definition) is 4. The third kappa shape index (κ3) is 1.63. The standard InChI is InChI=1S/C12H16N4O4/c1-13-10-7-2-3-16(11(7)15-6-14-10)12(19)8(18)5-20-9(12)4-17/h2-3,6,8-9,17-19H,4-5H2,1H3,(H,13,14,15)/t8-,9+,12+/m0/s1. The Bertz CT molecular complexity index is 631. The Hall–Kier alpha value is -1.74. The molecule has 8 heteroatoms. The first-order valence-corrected chi connectivity index (χ1v) is 6.26. The number of ether oxygens (including phenoxy) is 1. The number of anilines is 1. The summed E-state index contributed by atoms with van der Waals surface area (Å²) < 4.78 is 6.65. The lowest BCUT2D eigenvalue weighted by atomic mass is 10.0. The van der Waals surface area contributed by atoms with Gasteiger partial charge in [0.25, 0.3) is 0 Å². The maximum absolute atomic E-state index is 10.8. The molecule has 0 aromatic carbocycles. The van der Waals surface area contributed by atoms with E-state index in [1.54, 1.807) is 19.3 Å². The highest BCUT2D eigenvalue weighted by molar-refractivity contribution is 5.87. The first-order chi connectivity index (χ1) is 9.62. The summed E-state index contributed by atoms with van der Waals surface area (Å²) in [6, 6.07) is 1.73. The van der Waals surface area contributed by atoms with Crippen molar-refractivity contribution in [1.29, 1.82) is 0 Å². The Kier molecular flexibility index (Phi) is 3.09. The van der Waals surface area contributed by atoms with Gasteiger partial charge in [-0.25, -0.2) is 9.97 Å². The largest absolute Gasteiger partial charge is 0.393 e. The monoisotopic (exact) mass is 280 g/mol. The molecule has 1 aliphatic rings. The summed E-state index contributed by atoms with van der Waals surface area (Å²) >= 11 is 0. The quantitative estimate of drug-likeness (QED) is 0.562. The second-order valence-corrected chi connectivity index (χ2v) is 4.70. The van der Waals surface area contributed by atoms with Crippen LogP contribution in [0.15, 0.2) is 18.6 Å². The summed E-state index contributed by atoms with van der Waals surface area (Å²) in [5.41, 5.74) is -1.30. The highest BCUT2D eigenvalue weighted by atomic mass is 16.6. The van der Waals surface area contributed by atoms with Gasteiger partial charge in [0, 0.05) is 13.2 Å². The van der Waals surface area contributed by atoms with Gasteiger partial charge in [-0.2, -0.15) is 0 Å². The minimum absolute atomic E-state index is 0.0502. The van der Waals surface area contributed by atoms with Crippen molar-refractivity contribution in [2.45, 2.75) is 17.9 Å². The van der Waals surface area contributed by atoms with E-state index in [4.69, 9.17) is 4.74 Å². The normalized spacial score (nSPS) is 30.0. The molecule has 8 nitrogen and oxygen atoms in total. The van der Waals surface area contributed by atoms with E-state index < -0.39 is 24.5 Å². The summed E-state index contributed by atoms with van der Waals surface area (Å²) in [4.78, 5) is 8.23. The second kappa shape index (κ2) is 4.67. The van der Waals surface area contributed by atoms with Crippen molar-refractivity contribution in [1.82, 2.24) is 14.5 Å². The van der Waals surface area contributed by atoms with E-state index in [0.717, 1.165) is 0 Å². The van der Waals surface area contributed by atoms with Crippen LogP contribution < -0.4 is 5.32 Å². The minimum atomic E-state index is -1.75. The van der Waals surface area contributed by atoms with Crippen LogP contribution >= 0.6 is 0 Å². The molecule has 2 aromatic heterocycles. The zero-order chi connectivity index (χ0) is 14.3. The maximum atomic E-state index is 10.8. The lowest BCUT2D eigenvalue weighted by molar-refractivity contribution is -0.147. The van der Waals surface area contributed by atoms with Gasteiger partial charge in [0.05, 0.1) is 18.6 Å². The fourth-order valence-corrected chi connectivity index (χ4v) is 2.61. The van der Waals surface area contributed by atoms with E-state index in [0.29, 0.717) is 16.9 Å². The molecule has 0 amide bonds. The highest BCUT2D eigenvalue weighted by Crippen LogP contribution is 2.35. The number of rotatable bonds is 3. The van der Waals surface area contributed by atoms with Gasteiger partial charge in [0.2, 0.25) is 5.72 Å². The third-order valence-corrected chi connectivity index (χ3v) is 3.69. The second-order valence-electron chi connectivity index (χ2n) is 4.70. The zero-order valence-electron chi connectivity index (χ0n) is 10.9. The number of nitrogens with zero attached hydrogens (tertiary/aromatic N) is 3. The molecule has 4 N–H and O–H groups in total. The number of aromatic nitrogens is 3. The van der Waals surface area contributed by atoms with Gasteiger partial charge in [0.15, 0.2) is 0 Å². The summed E-state index contributed by atoms with van der Waals surface area (Å²) in [6.07, 6.45) is 0.898. The van der Waals surface area contributed by atoms with Crippen molar-refractivity contribution in [2.24, 2.45) is 0 Å². The Labute approximate surface area is 114 Å². The van der Waals surface area contributed by atoms with Crippen molar-refractivity contribution in [2.75, 3.05) is 25.6 Å². The van der Waals surface area contributed by atoms with Crippen molar-refractivity contribution in [3.8, 4) is 0 Å². The summed E-state index contributed by atoms with van der Waals surface area (Å²) in [7, 11) is 1.73. The number of aliphatic hydroxyl groups is 3. The lowest BCUT2D eigenvalue weighted by Gasteiger charge is -2.31. The predicted octanol–water partition coefficient (Wildman–Crippen LogP) is -1.13. The Morgan fingerprint density at radius 3 is 3.05 bits per heavy atom. The van der Waals surface area contributed by atoms with Crippen LogP contribution in [0.2, 0.25) is 0 Å². The predicted molar refractivity (Wildman–Crippen MR) is 70.1 cm³/mol. The maximum Gasteiger partial charge on any atom is 0.200 e. The molecule has 2 aromatic rings. The molecule has 0 radical (unpaired) electrons. The molecule has 0 unspecified atom stereocenters. The Balaban J connectivity index is 2.19. The van der Waals surface area contributed by atoms with Crippen molar-refractivity contribution >= 4 is 16.9 Å². The van der Waals surface area contributed by atoms with Gasteiger partial charge < -0.3 is 25.4 Å². The van der Waals surface area contributed by atoms with Gasteiger partial charge in [-0.15, -0.1) is 0 Å². The molecule has 0 bridgehead atoms. The fourth-order valence-electron chi connectivity index (χ4n) is 2.61. The van der Waals surface area contributed by atoms with E-state index in [-0.39, 0.29) is 6.61 Å². The highest BCUT2D eigenvalue weighted by Gasteiger charge is 2.52. The molecule has 0 spiro atoms. The van der Waals surface area contributed by atoms with Gasteiger partial charge >= 0.3 is 0 Å². The van der Waals surface area contributed by atoms with Crippen molar-refractivity contribution < 1.29 is 20.1 Å². The molecule has 1 fully saturated rings. The van der Waals surface area contributed by atoms with Crippen LogP contribution in [0.25, 0.3) is 11.0 Å². The topological polar surface area (TPSA) is 113 Å². The smallest absolute Gasteiger partial charge is 0.200 e. The average molecular weight is 280 g/mol. The number of fused-ring (bicyclic) bond motifs is 1. The minimum Gasteiger partial charge on any atom is -0.393 e. The van der Waals surface area contributed by atoms with Crippen LogP contribution in [0.1, 0.15) is 0 Å². The molecular formula is C12H16N4O4. The van der Waals surface area contributed by atoms with Gasteiger partial charge in [0.1, 0.15) is 30.0 Å². The average Bonchev–Trinajstić information content (AvgIpc) is 3.02. The molecule has 0 aliphatic carbocycles. The SMILES string of the molecule is CNc1ncnc2c1ccn2[C@@]1(O)[C@@H](O)CO[C@@H]1CO. The van der Waals surface area contributed by atoms with Crippen LogP contribution in [0.4, 0.5) is 5.82 Å². The summed E-state index contributed by atoms with van der Waals surface area (Å²) in [6.45, 7) is -0.456. The van der Waals surface area contributed by atoms with Crippen molar-refractivity contribution in [3.05, 3.63) is 18.6 Å². The van der Waals surface area contributed by atoms with Crippen LogP contribution in [0.5, 0.6) is 0 Å². The van der Waals surface area contributed by atoms with Gasteiger partial charge in [-0.3, -0.25) is 4.57 Å². The Morgan fingerprint density at radius 2 is 2.35 bits per heavy atom. The number of aliphatic hydroxyl groups excluding tert-OH is 2. The first-order valence-electron chi connectivity index (χ1n) is 6.26. The Morgan fingerprint density at radius 1 is 1.55 bits per heavy atom. The van der Waals surface area contributed by atoms with Crippen LogP contribution in [-0.2, 0) is 10.5 Å². The number of nitrogens with one attached hydrogen (secondary N) is 1. The van der Waals surface area contributed by atoms with E-state index in [2.05, 4.69) is 15.3 Å². The van der Waals surface area contributed by atoms with Gasteiger partial charge in [-0.1, -0.05) is 0 Å². The van der Waals surface area contributed by atoms with Crippen molar-refractivity contribution in [3.63, 3.8) is 0 Å². The molecular weight excluding hydrogens is 264 g/mol. The number of hydrogen-bond acceptors (Lipinski definition) is 7. The van der Waals surface area contributed by atoms with E-state index in [9.17, 15) is 15.3 Å². The van der Waals surface area contributed by atoms with Crippen LogP contribution in [0, 0.1) is 0 Å².